The summed E-state index contributed by atoms with van der Waals surface area (Å²) in [5.74, 6) is 0. The monoisotopic (exact) mass is 698 g/mol. The van der Waals surface area contributed by atoms with Gasteiger partial charge in [0, 0.05) is 42.9 Å². The van der Waals surface area contributed by atoms with Gasteiger partial charge in [-0.2, -0.15) is 0 Å². The van der Waals surface area contributed by atoms with Crippen LogP contribution in [0.4, 0.5) is 0 Å². The van der Waals surface area contributed by atoms with Crippen LogP contribution < -0.4 is 0 Å². The topological polar surface area (TPSA) is 57.4 Å². The Bertz CT molecular complexity index is 3260. The van der Waals surface area contributed by atoms with Gasteiger partial charge in [0.2, 0.25) is 0 Å². The first-order valence-electron chi connectivity index (χ1n) is 19.8. The lowest BCUT2D eigenvalue weighted by Gasteiger charge is -2.01. The van der Waals surface area contributed by atoms with Crippen molar-refractivity contribution < 1.29 is 0 Å². The first-order chi connectivity index (χ1) is 26.5. The minimum absolute atomic E-state index is 0.976. The second kappa shape index (κ2) is 11.8. The van der Waals surface area contributed by atoms with Gasteiger partial charge in [0.15, 0.2) is 0 Å². The third kappa shape index (κ3) is 4.37. The molecule has 7 aromatic rings. The van der Waals surface area contributed by atoms with Gasteiger partial charge in [-0.05, 0) is 129 Å². The zero-order valence-electron chi connectivity index (χ0n) is 31.4. The summed E-state index contributed by atoms with van der Waals surface area (Å²) in [6.07, 6.45) is 6.68. The van der Waals surface area contributed by atoms with Gasteiger partial charge >= 0.3 is 0 Å². The Kier molecular flexibility index (Phi) is 6.86. The number of rotatable bonds is 6. The lowest BCUT2D eigenvalue weighted by atomic mass is 10.0. The van der Waals surface area contributed by atoms with Gasteiger partial charge in [0.25, 0.3) is 0 Å². The number of hydrogen-bond donors (Lipinski definition) is 2. The number of aryl methyl sites for hydroxylation is 4. The minimum Gasteiger partial charge on any atom is -0.355 e. The normalized spacial score (nSPS) is 12.5. The third-order valence-electron chi connectivity index (χ3n) is 12.5. The fraction of sp³-hybridized carbons (Fsp3) is 0.200. The fourth-order valence-corrected chi connectivity index (χ4v) is 9.81. The second-order valence-electron chi connectivity index (χ2n) is 15.6. The molecule has 2 N–H and O–H groups in total. The zero-order valence-corrected chi connectivity index (χ0v) is 31.4. The number of unbranched alkanes of at least 4 members (excludes halogenated alkanes) is 2. The Morgan fingerprint density at radius 3 is 1.19 bits per heavy atom. The van der Waals surface area contributed by atoms with E-state index in [4.69, 9.17) is 9.97 Å². The highest BCUT2D eigenvalue weighted by Crippen LogP contribution is 2.38. The van der Waals surface area contributed by atoms with Crippen molar-refractivity contribution in [3.05, 3.63) is 140 Å². The summed E-state index contributed by atoms with van der Waals surface area (Å²) in [4.78, 5) is 19.0. The number of hydrogen-bond acceptors (Lipinski definition) is 2. The highest BCUT2D eigenvalue weighted by molar-refractivity contribution is 6.16. The summed E-state index contributed by atoms with van der Waals surface area (Å²) < 4.78 is 0. The number of nitrogens with zero attached hydrogens (tertiary/aromatic N) is 2. The number of nitrogens with one attached hydrogen (secondary N) is 2. The van der Waals surface area contributed by atoms with Crippen LogP contribution in [-0.4, -0.2) is 19.9 Å². The average molecular weight is 699 g/mol. The molecule has 4 aromatic carbocycles. The maximum Gasteiger partial charge on any atom is 0.0744 e. The van der Waals surface area contributed by atoms with Crippen LogP contribution in [0.25, 0.3) is 87.2 Å². The summed E-state index contributed by atoms with van der Waals surface area (Å²) in [6, 6.07) is 36.1. The number of benzene rings is 4. The molecule has 0 atom stereocenters. The Hall–Kier alpha value is -6.00. The molecule has 0 spiro atoms. The Morgan fingerprint density at radius 1 is 0.444 bits per heavy atom. The van der Waals surface area contributed by atoms with Gasteiger partial charge in [-0.25, -0.2) is 9.97 Å². The third-order valence-corrected chi connectivity index (χ3v) is 12.5. The van der Waals surface area contributed by atoms with Crippen molar-refractivity contribution in [3.63, 3.8) is 0 Å². The lowest BCUT2D eigenvalue weighted by Crippen LogP contribution is -1.87. The van der Waals surface area contributed by atoms with Crippen LogP contribution in [0.3, 0.4) is 0 Å². The smallest absolute Gasteiger partial charge is 0.0744 e. The van der Waals surface area contributed by atoms with E-state index in [9.17, 15) is 0 Å². The van der Waals surface area contributed by atoms with E-state index in [1.165, 1.54) is 97.3 Å². The van der Waals surface area contributed by atoms with Crippen LogP contribution in [0.15, 0.2) is 97.1 Å². The molecule has 262 valence electrons. The van der Waals surface area contributed by atoms with Gasteiger partial charge in [0.1, 0.15) is 0 Å². The number of fused-ring (bicyclic) bond motifs is 16. The summed E-state index contributed by atoms with van der Waals surface area (Å²) in [6.45, 7) is 9.15. The average Bonchev–Trinajstić information content (AvgIpc) is 4.00. The molecule has 0 unspecified atom stereocenters. The maximum atomic E-state index is 5.55. The quantitative estimate of drug-likeness (QED) is 0.182. The van der Waals surface area contributed by atoms with Crippen molar-refractivity contribution in [1.82, 2.24) is 19.9 Å². The SMILES string of the molecule is CCCCc1c(C)c2cc3nc(cc4nc(cc5[nH]c(cc1[nH]2)c(CCCC)c5C)c1c2cccc5cccc(c4=1)c52)c1c2cccc4cccc(c3=1)c42. The van der Waals surface area contributed by atoms with E-state index in [1.54, 1.807) is 0 Å². The molecule has 4 aliphatic rings. The van der Waals surface area contributed by atoms with E-state index in [0.717, 1.165) is 71.6 Å². The van der Waals surface area contributed by atoms with Gasteiger partial charge in [-0.1, -0.05) is 99.5 Å². The molecule has 3 aromatic heterocycles. The molecular weight excluding hydrogens is 657 g/mol. The van der Waals surface area contributed by atoms with Crippen molar-refractivity contribution in [2.45, 2.75) is 66.2 Å². The molecule has 0 saturated carbocycles. The molecule has 11 rings (SSSR count). The van der Waals surface area contributed by atoms with Crippen molar-refractivity contribution in [2.75, 3.05) is 0 Å². The van der Waals surface area contributed by atoms with Crippen molar-refractivity contribution >= 4 is 87.2 Å². The first kappa shape index (κ1) is 31.5. The van der Waals surface area contributed by atoms with Crippen LogP contribution in [0.1, 0.15) is 61.8 Å². The summed E-state index contributed by atoms with van der Waals surface area (Å²) in [7, 11) is 0. The van der Waals surface area contributed by atoms with Crippen LogP contribution in [0.5, 0.6) is 0 Å². The Labute approximate surface area is 312 Å². The molecule has 4 nitrogen and oxygen atoms in total. The zero-order chi connectivity index (χ0) is 36.2. The van der Waals surface area contributed by atoms with Gasteiger partial charge in [0.05, 0.1) is 22.1 Å². The summed E-state index contributed by atoms with van der Waals surface area (Å²) in [5.41, 5.74) is 14.1. The Balaban J connectivity index is 1.42. The van der Waals surface area contributed by atoms with Crippen LogP contribution in [0.2, 0.25) is 0 Å². The van der Waals surface area contributed by atoms with E-state index in [0.29, 0.717) is 0 Å². The predicted molar refractivity (Wildman–Crippen MR) is 228 cm³/mol. The molecule has 54 heavy (non-hydrogen) atoms. The first-order valence-corrected chi connectivity index (χ1v) is 19.8. The second-order valence-corrected chi connectivity index (χ2v) is 15.6. The maximum absolute atomic E-state index is 5.55. The van der Waals surface area contributed by atoms with E-state index < -0.39 is 0 Å². The lowest BCUT2D eigenvalue weighted by molar-refractivity contribution is 0.796. The summed E-state index contributed by atoms with van der Waals surface area (Å²) in [5, 5.41) is 15.1. The number of aromatic nitrogens is 4. The standard InChI is InChI=1S/C50H42N4/c1-5-7-17-31-27(3)37-23-41-47-33-19-9-13-29-15-11-21-35(45(29)33)49(47)43(53-41)26-44-50-36-22-12-16-30-14-10-20-34(46(30)36)48(50)42(54-44)24-38-28(4)32(18-8-6-2)40(52-38)25-39(31)51-37/h9-16,19-26,51-52H,5-8,17-18H2,1-4H3. The highest BCUT2D eigenvalue weighted by Gasteiger charge is 2.18. The van der Waals surface area contributed by atoms with Crippen LogP contribution >= 0.6 is 0 Å². The molecular formula is C50H42N4. The van der Waals surface area contributed by atoms with Crippen molar-refractivity contribution in [1.29, 1.82) is 0 Å². The number of aromatic amines is 2. The van der Waals surface area contributed by atoms with Gasteiger partial charge < -0.3 is 9.97 Å². The fourth-order valence-electron chi connectivity index (χ4n) is 9.81. The predicted octanol–water partition coefficient (Wildman–Crippen LogP) is 13.1. The molecule has 4 heteroatoms. The Morgan fingerprint density at radius 2 is 0.815 bits per heavy atom. The van der Waals surface area contributed by atoms with Gasteiger partial charge in [-0.15, -0.1) is 0 Å². The molecule has 0 fully saturated rings. The molecule has 5 heterocycles. The van der Waals surface area contributed by atoms with Crippen molar-refractivity contribution in [2.24, 2.45) is 0 Å². The molecule has 0 radical (unpaired) electrons. The van der Waals surface area contributed by atoms with E-state index in [1.807, 2.05) is 0 Å². The number of H-pyrrole nitrogens is 2. The van der Waals surface area contributed by atoms with E-state index in [-0.39, 0.29) is 0 Å². The van der Waals surface area contributed by atoms with Crippen LogP contribution in [0, 0.1) is 34.7 Å². The largest absolute Gasteiger partial charge is 0.355 e. The minimum atomic E-state index is 0.976. The van der Waals surface area contributed by atoms with E-state index >= 15 is 0 Å². The van der Waals surface area contributed by atoms with Crippen LogP contribution in [-0.2, 0) is 12.8 Å². The molecule has 2 aliphatic heterocycles. The molecule has 0 saturated heterocycles. The van der Waals surface area contributed by atoms with Crippen molar-refractivity contribution in [3.8, 4) is 0 Å². The van der Waals surface area contributed by atoms with Gasteiger partial charge in [-0.3, -0.25) is 0 Å². The summed E-state index contributed by atoms with van der Waals surface area (Å²) >= 11 is 0. The highest BCUT2D eigenvalue weighted by atomic mass is 14.8. The molecule has 2 aliphatic carbocycles. The van der Waals surface area contributed by atoms with E-state index in [2.05, 4.69) is 135 Å². The molecule has 0 amide bonds. The molecule has 8 bridgehead atoms.